The van der Waals surface area contributed by atoms with Crippen LogP contribution in [0.2, 0.25) is 0 Å². The standard InChI is InChI=1S/C16H16F3NO2/c1-2-10-21-15-13(4-3-5-14(15)20)11-6-8-12(9-7-11)22-16(17,18)19/h3-9H,2,10,20H2,1H3. The van der Waals surface area contributed by atoms with E-state index in [-0.39, 0.29) is 5.75 Å². The zero-order valence-electron chi connectivity index (χ0n) is 12.0. The van der Waals surface area contributed by atoms with Crippen molar-refractivity contribution in [2.24, 2.45) is 0 Å². The van der Waals surface area contributed by atoms with Crippen LogP contribution >= 0.6 is 0 Å². The number of para-hydroxylation sites is 1. The first kappa shape index (κ1) is 16.0. The van der Waals surface area contributed by atoms with E-state index in [4.69, 9.17) is 10.5 Å². The maximum Gasteiger partial charge on any atom is 0.573 e. The van der Waals surface area contributed by atoms with Crippen LogP contribution in [0.5, 0.6) is 11.5 Å². The van der Waals surface area contributed by atoms with Crippen molar-refractivity contribution in [3.63, 3.8) is 0 Å². The Morgan fingerprint density at radius 1 is 1.05 bits per heavy atom. The normalized spacial score (nSPS) is 11.3. The van der Waals surface area contributed by atoms with Gasteiger partial charge in [-0.15, -0.1) is 13.2 Å². The molecule has 0 atom stereocenters. The highest BCUT2D eigenvalue weighted by atomic mass is 19.4. The number of alkyl halides is 3. The van der Waals surface area contributed by atoms with Crippen molar-refractivity contribution in [2.75, 3.05) is 12.3 Å². The molecule has 3 nitrogen and oxygen atoms in total. The molecule has 0 unspecified atom stereocenters. The zero-order valence-corrected chi connectivity index (χ0v) is 12.0. The molecule has 0 aliphatic rings. The molecule has 0 fully saturated rings. The second-order valence-electron chi connectivity index (χ2n) is 4.64. The van der Waals surface area contributed by atoms with Crippen LogP contribution in [0.1, 0.15) is 13.3 Å². The summed E-state index contributed by atoms with van der Waals surface area (Å²) in [6.07, 6.45) is -3.87. The van der Waals surface area contributed by atoms with Crippen LogP contribution in [0.4, 0.5) is 18.9 Å². The zero-order chi connectivity index (χ0) is 16.2. The molecule has 2 rings (SSSR count). The molecular formula is C16H16F3NO2. The molecule has 0 spiro atoms. The lowest BCUT2D eigenvalue weighted by atomic mass is 10.0. The first-order chi connectivity index (χ1) is 10.4. The third-order valence-electron chi connectivity index (χ3n) is 2.89. The lowest BCUT2D eigenvalue weighted by Crippen LogP contribution is -2.16. The molecule has 0 saturated heterocycles. The highest BCUT2D eigenvalue weighted by molar-refractivity contribution is 5.77. The summed E-state index contributed by atoms with van der Waals surface area (Å²) in [5.41, 5.74) is 7.83. The van der Waals surface area contributed by atoms with Crippen LogP contribution in [-0.2, 0) is 0 Å². The summed E-state index contributed by atoms with van der Waals surface area (Å²) in [7, 11) is 0. The van der Waals surface area contributed by atoms with Gasteiger partial charge >= 0.3 is 6.36 Å². The first-order valence-electron chi connectivity index (χ1n) is 6.78. The maximum atomic E-state index is 12.2. The van der Waals surface area contributed by atoms with Gasteiger partial charge in [-0.05, 0) is 30.2 Å². The molecule has 0 saturated carbocycles. The highest BCUT2D eigenvalue weighted by Crippen LogP contribution is 2.36. The molecule has 0 bridgehead atoms. The van der Waals surface area contributed by atoms with Gasteiger partial charge in [0, 0.05) is 5.56 Å². The van der Waals surface area contributed by atoms with Crippen molar-refractivity contribution in [1.29, 1.82) is 0 Å². The number of hydrogen-bond acceptors (Lipinski definition) is 3. The lowest BCUT2D eigenvalue weighted by molar-refractivity contribution is -0.274. The molecule has 2 aromatic carbocycles. The molecule has 118 valence electrons. The molecule has 0 radical (unpaired) electrons. The summed E-state index contributed by atoms with van der Waals surface area (Å²) in [5.74, 6) is 0.269. The van der Waals surface area contributed by atoms with Gasteiger partial charge < -0.3 is 15.2 Å². The molecule has 0 aliphatic carbocycles. The fraction of sp³-hybridized carbons (Fsp3) is 0.250. The Morgan fingerprint density at radius 2 is 1.73 bits per heavy atom. The predicted octanol–water partition coefficient (Wildman–Crippen LogP) is 4.62. The van der Waals surface area contributed by atoms with E-state index in [1.807, 2.05) is 6.92 Å². The Hall–Kier alpha value is -2.37. The summed E-state index contributed by atoms with van der Waals surface area (Å²) in [5, 5.41) is 0. The van der Waals surface area contributed by atoms with Gasteiger partial charge in [-0.25, -0.2) is 0 Å². The van der Waals surface area contributed by atoms with Crippen molar-refractivity contribution in [1.82, 2.24) is 0 Å². The molecule has 0 heterocycles. The Balaban J connectivity index is 2.30. The Labute approximate surface area is 126 Å². The summed E-state index contributed by atoms with van der Waals surface area (Å²) in [4.78, 5) is 0. The number of anilines is 1. The topological polar surface area (TPSA) is 44.5 Å². The number of hydrogen-bond donors (Lipinski definition) is 1. The summed E-state index contributed by atoms with van der Waals surface area (Å²) >= 11 is 0. The smallest absolute Gasteiger partial charge is 0.491 e. The molecule has 22 heavy (non-hydrogen) atoms. The van der Waals surface area contributed by atoms with Crippen molar-refractivity contribution in [3.05, 3.63) is 42.5 Å². The Bertz CT molecular complexity index is 624. The molecule has 0 amide bonds. The van der Waals surface area contributed by atoms with Crippen molar-refractivity contribution < 1.29 is 22.6 Å². The lowest BCUT2D eigenvalue weighted by Gasteiger charge is -2.14. The number of benzene rings is 2. The third kappa shape index (κ3) is 4.07. The van der Waals surface area contributed by atoms with Gasteiger partial charge in [0.15, 0.2) is 0 Å². The minimum atomic E-state index is -4.70. The number of rotatable bonds is 5. The van der Waals surface area contributed by atoms with E-state index < -0.39 is 6.36 Å². The largest absolute Gasteiger partial charge is 0.573 e. The summed E-state index contributed by atoms with van der Waals surface area (Å²) in [6.45, 7) is 2.48. The Kier molecular flexibility index (Phi) is 4.80. The van der Waals surface area contributed by atoms with Gasteiger partial charge in [0.25, 0.3) is 0 Å². The van der Waals surface area contributed by atoms with Gasteiger partial charge in [0.2, 0.25) is 0 Å². The number of halogens is 3. The van der Waals surface area contributed by atoms with E-state index in [1.54, 1.807) is 18.2 Å². The SMILES string of the molecule is CCCOc1c(N)cccc1-c1ccc(OC(F)(F)F)cc1. The number of ether oxygens (including phenoxy) is 2. The van der Waals surface area contributed by atoms with Crippen LogP contribution in [0, 0.1) is 0 Å². The first-order valence-corrected chi connectivity index (χ1v) is 6.78. The molecule has 2 aromatic rings. The molecule has 2 N–H and O–H groups in total. The van der Waals surface area contributed by atoms with E-state index in [9.17, 15) is 13.2 Å². The highest BCUT2D eigenvalue weighted by Gasteiger charge is 2.31. The second kappa shape index (κ2) is 6.60. The Morgan fingerprint density at radius 3 is 2.32 bits per heavy atom. The van der Waals surface area contributed by atoms with Crippen molar-refractivity contribution >= 4 is 5.69 Å². The van der Waals surface area contributed by atoms with E-state index in [0.717, 1.165) is 12.0 Å². The number of nitrogens with two attached hydrogens (primary N) is 1. The average Bonchev–Trinajstić information content (AvgIpc) is 2.45. The fourth-order valence-electron chi connectivity index (χ4n) is 1.98. The maximum absolute atomic E-state index is 12.2. The van der Waals surface area contributed by atoms with Crippen LogP contribution in [0.3, 0.4) is 0 Å². The second-order valence-corrected chi connectivity index (χ2v) is 4.64. The average molecular weight is 311 g/mol. The van der Waals surface area contributed by atoms with Crippen LogP contribution < -0.4 is 15.2 Å². The van der Waals surface area contributed by atoms with E-state index >= 15 is 0 Å². The minimum Gasteiger partial charge on any atom is -0.491 e. The molecular weight excluding hydrogens is 295 g/mol. The molecule has 6 heteroatoms. The van der Waals surface area contributed by atoms with Crippen molar-refractivity contribution in [2.45, 2.75) is 19.7 Å². The van der Waals surface area contributed by atoms with Crippen LogP contribution in [0.25, 0.3) is 11.1 Å². The van der Waals surface area contributed by atoms with Crippen molar-refractivity contribution in [3.8, 4) is 22.6 Å². The quantitative estimate of drug-likeness (QED) is 0.819. The molecule has 0 aliphatic heterocycles. The predicted molar refractivity (Wildman–Crippen MR) is 78.8 cm³/mol. The van der Waals surface area contributed by atoms with Crippen LogP contribution in [0.15, 0.2) is 42.5 Å². The van der Waals surface area contributed by atoms with Gasteiger partial charge in [-0.2, -0.15) is 0 Å². The minimum absolute atomic E-state index is 0.267. The summed E-state index contributed by atoms with van der Waals surface area (Å²) in [6, 6.07) is 10.9. The fourth-order valence-corrected chi connectivity index (χ4v) is 1.98. The van der Waals surface area contributed by atoms with Gasteiger partial charge in [-0.3, -0.25) is 0 Å². The van der Waals surface area contributed by atoms with Gasteiger partial charge in [-0.1, -0.05) is 31.2 Å². The third-order valence-corrected chi connectivity index (χ3v) is 2.89. The summed E-state index contributed by atoms with van der Waals surface area (Å²) < 4.78 is 46.0. The van der Waals surface area contributed by atoms with Gasteiger partial charge in [0.1, 0.15) is 11.5 Å². The monoisotopic (exact) mass is 311 g/mol. The van der Waals surface area contributed by atoms with Gasteiger partial charge in [0.05, 0.1) is 12.3 Å². The van der Waals surface area contributed by atoms with Crippen LogP contribution in [-0.4, -0.2) is 13.0 Å². The number of nitrogen functional groups attached to an aromatic ring is 1. The van der Waals surface area contributed by atoms with E-state index in [0.29, 0.717) is 23.6 Å². The van der Waals surface area contributed by atoms with E-state index in [1.165, 1.54) is 24.3 Å². The van der Waals surface area contributed by atoms with E-state index in [2.05, 4.69) is 4.74 Å². The molecule has 0 aromatic heterocycles.